The number of carbonyl (C=O) groups excluding carboxylic acids is 1. The molecule has 0 spiro atoms. The smallest absolute Gasteiger partial charge is 0.266 e. The molecule has 7 heteroatoms. The first-order valence-electron chi connectivity index (χ1n) is 5.90. The van der Waals surface area contributed by atoms with Gasteiger partial charge in [0.1, 0.15) is 4.32 Å². The van der Waals surface area contributed by atoms with Gasteiger partial charge in [0, 0.05) is 16.6 Å². The van der Waals surface area contributed by atoms with Gasteiger partial charge < -0.3 is 9.84 Å². The van der Waals surface area contributed by atoms with Gasteiger partial charge in [-0.1, -0.05) is 46.0 Å². The average Bonchev–Trinajstić information content (AvgIpc) is 2.70. The number of aromatic hydroxyl groups is 1. The van der Waals surface area contributed by atoms with Gasteiger partial charge in [0.2, 0.25) is 0 Å². The highest BCUT2D eigenvalue weighted by molar-refractivity contribution is 9.10. The monoisotopic (exact) mass is 385 g/mol. The van der Waals surface area contributed by atoms with Crippen molar-refractivity contribution < 1.29 is 14.6 Å². The van der Waals surface area contributed by atoms with Crippen molar-refractivity contribution in [2.75, 3.05) is 13.7 Å². The van der Waals surface area contributed by atoms with Crippen LogP contribution in [0.15, 0.2) is 34.2 Å². The number of halogens is 1. The van der Waals surface area contributed by atoms with E-state index in [2.05, 4.69) is 22.5 Å². The number of methoxy groups -OCH3 is 1. The molecule has 1 saturated heterocycles. The van der Waals surface area contributed by atoms with Crippen molar-refractivity contribution in [3.63, 3.8) is 0 Å². The predicted octanol–water partition coefficient (Wildman–Crippen LogP) is 3.55. The summed E-state index contributed by atoms with van der Waals surface area (Å²) >= 11 is 9.70. The number of nitrogens with zero attached hydrogens (tertiary/aromatic N) is 1. The van der Waals surface area contributed by atoms with Crippen LogP contribution in [0, 0.1) is 0 Å². The van der Waals surface area contributed by atoms with Crippen LogP contribution in [-0.2, 0) is 4.79 Å². The third kappa shape index (κ3) is 3.30. The molecule has 0 atom stereocenters. The standard InChI is InChI=1S/C14H12BrNO3S2/c1-3-4-16-13(18)11(21-14(16)20)6-8-5-9(15)7-10(19-2)12(8)17/h3,5-7,17H,1,4H2,2H3. The molecule has 1 N–H and O–H groups in total. The Bertz CT molecular complexity index is 658. The molecule has 0 saturated carbocycles. The topological polar surface area (TPSA) is 49.8 Å². The van der Waals surface area contributed by atoms with E-state index in [0.29, 0.717) is 27.1 Å². The Balaban J connectivity index is 2.41. The van der Waals surface area contributed by atoms with Gasteiger partial charge in [-0.2, -0.15) is 0 Å². The predicted molar refractivity (Wildman–Crippen MR) is 92.4 cm³/mol. The minimum atomic E-state index is -0.191. The van der Waals surface area contributed by atoms with E-state index in [9.17, 15) is 9.90 Å². The maximum atomic E-state index is 12.2. The number of hydrogen-bond donors (Lipinski definition) is 1. The summed E-state index contributed by atoms with van der Waals surface area (Å²) in [6.07, 6.45) is 3.22. The van der Waals surface area contributed by atoms with Crippen molar-refractivity contribution in [2.24, 2.45) is 0 Å². The Labute approximate surface area is 140 Å². The summed E-state index contributed by atoms with van der Waals surface area (Å²) in [5.41, 5.74) is 0.486. The normalized spacial score (nSPS) is 16.7. The van der Waals surface area contributed by atoms with Crippen molar-refractivity contribution in [1.29, 1.82) is 0 Å². The molecular weight excluding hydrogens is 374 g/mol. The zero-order valence-electron chi connectivity index (χ0n) is 11.1. The number of thioether (sulfide) groups is 1. The fourth-order valence-corrected chi connectivity index (χ4v) is 3.51. The molecule has 1 amide bonds. The molecule has 0 aromatic heterocycles. The van der Waals surface area contributed by atoms with Gasteiger partial charge in [-0.3, -0.25) is 9.69 Å². The molecule has 1 aliphatic heterocycles. The highest BCUT2D eigenvalue weighted by atomic mass is 79.9. The molecular formula is C14H12BrNO3S2. The number of rotatable bonds is 4. The van der Waals surface area contributed by atoms with Gasteiger partial charge in [-0.15, -0.1) is 6.58 Å². The SMILES string of the molecule is C=CCN1C(=O)C(=Cc2cc(Br)cc(OC)c2O)SC1=S. The van der Waals surface area contributed by atoms with E-state index in [-0.39, 0.29) is 11.7 Å². The van der Waals surface area contributed by atoms with Crippen molar-refractivity contribution in [3.05, 3.63) is 39.7 Å². The molecule has 1 aromatic rings. The van der Waals surface area contributed by atoms with Gasteiger partial charge in [0.05, 0.1) is 12.0 Å². The second kappa shape index (κ2) is 6.64. The van der Waals surface area contributed by atoms with Gasteiger partial charge in [0.15, 0.2) is 11.5 Å². The minimum absolute atomic E-state index is 0.0188. The number of phenolic OH excluding ortho intramolecular Hbond substituents is 1. The van der Waals surface area contributed by atoms with E-state index in [4.69, 9.17) is 17.0 Å². The Kier molecular flexibility index (Phi) is 5.08. The summed E-state index contributed by atoms with van der Waals surface area (Å²) in [7, 11) is 1.47. The van der Waals surface area contributed by atoms with Crippen LogP contribution in [0.5, 0.6) is 11.5 Å². The molecule has 1 aliphatic rings. The van der Waals surface area contributed by atoms with Crippen LogP contribution in [0.2, 0.25) is 0 Å². The summed E-state index contributed by atoms with van der Waals surface area (Å²) < 4.78 is 6.31. The molecule has 1 fully saturated rings. The molecule has 0 aliphatic carbocycles. The fourth-order valence-electron chi connectivity index (χ4n) is 1.79. The van der Waals surface area contributed by atoms with Crippen LogP contribution in [0.3, 0.4) is 0 Å². The number of carbonyl (C=O) groups is 1. The summed E-state index contributed by atoms with van der Waals surface area (Å²) in [5.74, 6) is 0.120. The fraction of sp³-hybridized carbons (Fsp3) is 0.143. The number of amides is 1. The summed E-state index contributed by atoms with van der Waals surface area (Å²) in [4.78, 5) is 14.2. The van der Waals surface area contributed by atoms with Gasteiger partial charge in [0.25, 0.3) is 5.91 Å². The second-order valence-corrected chi connectivity index (χ2v) is 6.72. The Morgan fingerprint density at radius 1 is 1.57 bits per heavy atom. The van der Waals surface area contributed by atoms with Crippen LogP contribution >= 0.6 is 39.9 Å². The lowest BCUT2D eigenvalue weighted by atomic mass is 10.1. The zero-order chi connectivity index (χ0) is 15.6. The van der Waals surface area contributed by atoms with Crippen molar-refractivity contribution in [1.82, 2.24) is 4.90 Å². The van der Waals surface area contributed by atoms with Crippen LogP contribution in [0.25, 0.3) is 6.08 Å². The Morgan fingerprint density at radius 2 is 2.29 bits per heavy atom. The first-order chi connectivity index (χ1) is 9.97. The van der Waals surface area contributed by atoms with Crippen molar-refractivity contribution >= 4 is 56.2 Å². The van der Waals surface area contributed by atoms with E-state index in [1.165, 1.54) is 23.8 Å². The number of ether oxygens (including phenoxy) is 1. The zero-order valence-corrected chi connectivity index (χ0v) is 14.3. The second-order valence-electron chi connectivity index (χ2n) is 4.13. The van der Waals surface area contributed by atoms with E-state index >= 15 is 0 Å². The number of thiocarbonyl (C=S) groups is 1. The molecule has 0 bridgehead atoms. The van der Waals surface area contributed by atoms with E-state index < -0.39 is 0 Å². The lowest BCUT2D eigenvalue weighted by Gasteiger charge is -2.10. The maximum absolute atomic E-state index is 12.2. The maximum Gasteiger partial charge on any atom is 0.266 e. The van der Waals surface area contributed by atoms with Crippen molar-refractivity contribution in [3.8, 4) is 11.5 Å². The molecule has 2 rings (SSSR count). The highest BCUT2D eigenvalue weighted by Crippen LogP contribution is 2.38. The molecule has 1 aromatic carbocycles. The number of benzene rings is 1. The van der Waals surface area contributed by atoms with Crippen LogP contribution in [-0.4, -0.2) is 33.9 Å². The van der Waals surface area contributed by atoms with Gasteiger partial charge in [-0.05, 0) is 18.2 Å². The molecule has 1 heterocycles. The first-order valence-corrected chi connectivity index (χ1v) is 7.92. The molecule has 21 heavy (non-hydrogen) atoms. The van der Waals surface area contributed by atoms with E-state index in [1.807, 2.05) is 0 Å². The van der Waals surface area contributed by atoms with Crippen LogP contribution in [0.1, 0.15) is 5.56 Å². The molecule has 4 nitrogen and oxygen atoms in total. The van der Waals surface area contributed by atoms with Crippen molar-refractivity contribution in [2.45, 2.75) is 0 Å². The third-order valence-corrected chi connectivity index (χ3v) is 4.60. The molecule has 110 valence electrons. The van der Waals surface area contributed by atoms with E-state index in [1.54, 1.807) is 24.3 Å². The third-order valence-electron chi connectivity index (χ3n) is 2.76. The largest absolute Gasteiger partial charge is 0.504 e. The number of phenols is 1. The molecule has 0 unspecified atom stereocenters. The summed E-state index contributed by atoms with van der Waals surface area (Å²) in [6, 6.07) is 3.35. The van der Waals surface area contributed by atoms with Gasteiger partial charge >= 0.3 is 0 Å². The van der Waals surface area contributed by atoms with E-state index in [0.717, 1.165) is 4.47 Å². The first kappa shape index (κ1) is 16.1. The van der Waals surface area contributed by atoms with Crippen LogP contribution in [0.4, 0.5) is 0 Å². The summed E-state index contributed by atoms with van der Waals surface area (Å²) in [5, 5.41) is 10.1. The quantitative estimate of drug-likeness (QED) is 0.487. The van der Waals surface area contributed by atoms with Gasteiger partial charge in [-0.25, -0.2) is 0 Å². The lowest BCUT2D eigenvalue weighted by molar-refractivity contribution is -0.121. The average molecular weight is 386 g/mol. The lowest BCUT2D eigenvalue weighted by Crippen LogP contribution is -2.27. The number of hydrogen-bond acceptors (Lipinski definition) is 5. The molecule has 0 radical (unpaired) electrons. The highest BCUT2D eigenvalue weighted by Gasteiger charge is 2.31. The minimum Gasteiger partial charge on any atom is -0.504 e. The Hall–Kier alpha value is -1.31. The summed E-state index contributed by atoms with van der Waals surface area (Å²) in [6.45, 7) is 3.98. The van der Waals surface area contributed by atoms with Crippen LogP contribution < -0.4 is 4.74 Å². The Morgan fingerprint density at radius 3 is 2.90 bits per heavy atom.